The normalized spacial score (nSPS) is 19.8. The van der Waals surface area contributed by atoms with Crippen molar-refractivity contribution < 1.29 is 9.47 Å². The third-order valence-corrected chi connectivity index (χ3v) is 13.3. The van der Waals surface area contributed by atoms with Crippen LogP contribution in [-0.2, 0) is 21.2 Å². The lowest BCUT2D eigenvalue weighted by atomic mass is 9.75. The molecule has 0 radical (unpaired) electrons. The molecule has 270 valence electrons. The molecular formula is C52H45NO2. The fourth-order valence-corrected chi connectivity index (χ4v) is 10.4. The van der Waals surface area contributed by atoms with Gasteiger partial charge in [0.15, 0.2) is 5.60 Å². The van der Waals surface area contributed by atoms with Crippen molar-refractivity contribution in [2.45, 2.75) is 51.0 Å². The lowest BCUT2D eigenvalue weighted by Gasteiger charge is -2.39. The number of benzene rings is 7. The number of anilines is 1. The highest BCUT2D eigenvalue weighted by atomic mass is 16.5. The maximum Gasteiger partial charge on any atom is 0.178 e. The van der Waals surface area contributed by atoms with Gasteiger partial charge < -0.3 is 14.4 Å². The highest BCUT2D eigenvalue weighted by Crippen LogP contribution is 2.59. The minimum Gasteiger partial charge on any atom is -0.472 e. The van der Waals surface area contributed by atoms with E-state index in [1.54, 1.807) is 0 Å². The van der Waals surface area contributed by atoms with Crippen LogP contribution in [0.25, 0.3) is 49.9 Å². The summed E-state index contributed by atoms with van der Waals surface area (Å²) in [6.07, 6.45) is 4.74. The van der Waals surface area contributed by atoms with Gasteiger partial charge in [-0.25, -0.2) is 0 Å². The van der Waals surface area contributed by atoms with Crippen LogP contribution < -0.4 is 9.64 Å². The van der Waals surface area contributed by atoms with Gasteiger partial charge in [0.25, 0.3) is 0 Å². The summed E-state index contributed by atoms with van der Waals surface area (Å²) in [6.45, 7) is 15.1. The monoisotopic (exact) mass is 715 g/mol. The highest BCUT2D eigenvalue weighted by molar-refractivity contribution is 6.08. The summed E-state index contributed by atoms with van der Waals surface area (Å²) in [4.78, 5) is 2.42. The van der Waals surface area contributed by atoms with Crippen molar-refractivity contribution in [2.24, 2.45) is 0 Å². The molecule has 2 aliphatic carbocycles. The van der Waals surface area contributed by atoms with E-state index < -0.39 is 5.60 Å². The number of aryl methyl sites for hydroxylation is 1. The Morgan fingerprint density at radius 2 is 1.24 bits per heavy atom. The molecule has 2 aliphatic heterocycles. The van der Waals surface area contributed by atoms with Gasteiger partial charge >= 0.3 is 0 Å². The van der Waals surface area contributed by atoms with Gasteiger partial charge in [0.2, 0.25) is 0 Å². The van der Waals surface area contributed by atoms with Gasteiger partial charge in [-0.15, -0.1) is 0 Å². The smallest absolute Gasteiger partial charge is 0.178 e. The highest BCUT2D eigenvalue weighted by Gasteiger charge is 2.45. The first kappa shape index (κ1) is 32.8. The summed E-state index contributed by atoms with van der Waals surface area (Å²) >= 11 is 0. The molecule has 1 atom stereocenters. The lowest BCUT2D eigenvalue weighted by molar-refractivity contribution is 0.122. The van der Waals surface area contributed by atoms with Gasteiger partial charge in [-0.2, -0.15) is 0 Å². The largest absolute Gasteiger partial charge is 0.472 e. The molecule has 0 N–H and O–H groups in total. The molecule has 3 nitrogen and oxygen atoms in total. The third-order valence-electron chi connectivity index (χ3n) is 13.3. The van der Waals surface area contributed by atoms with Gasteiger partial charge in [0.1, 0.15) is 5.75 Å². The zero-order valence-corrected chi connectivity index (χ0v) is 32.3. The van der Waals surface area contributed by atoms with Crippen LogP contribution >= 0.6 is 0 Å². The van der Waals surface area contributed by atoms with Gasteiger partial charge in [-0.1, -0.05) is 130 Å². The van der Waals surface area contributed by atoms with E-state index in [0.717, 1.165) is 48.6 Å². The second kappa shape index (κ2) is 11.4. The number of rotatable bonds is 3. The van der Waals surface area contributed by atoms with Crippen LogP contribution in [0.15, 0.2) is 127 Å². The van der Waals surface area contributed by atoms with Crippen LogP contribution in [0.4, 0.5) is 5.69 Å². The van der Waals surface area contributed by atoms with Crippen LogP contribution in [0.5, 0.6) is 5.75 Å². The van der Waals surface area contributed by atoms with Crippen molar-refractivity contribution in [3.05, 3.63) is 172 Å². The number of hydrogen-bond acceptors (Lipinski definition) is 3. The first-order valence-electron chi connectivity index (χ1n) is 19.9. The van der Waals surface area contributed by atoms with Crippen molar-refractivity contribution >= 4 is 33.3 Å². The van der Waals surface area contributed by atoms with Crippen LogP contribution in [0.3, 0.4) is 0 Å². The van der Waals surface area contributed by atoms with Crippen molar-refractivity contribution in [3.63, 3.8) is 0 Å². The van der Waals surface area contributed by atoms with E-state index in [9.17, 15) is 0 Å². The molecule has 3 heteroatoms. The van der Waals surface area contributed by atoms with Crippen molar-refractivity contribution in [1.82, 2.24) is 0 Å². The second-order valence-electron chi connectivity index (χ2n) is 17.2. The van der Waals surface area contributed by atoms with Crippen molar-refractivity contribution in [3.8, 4) is 28.0 Å². The molecule has 0 amide bonds. The number of nitrogens with zero attached hydrogens (tertiary/aromatic N) is 1. The number of fused-ring (bicyclic) bond motifs is 12. The predicted octanol–water partition coefficient (Wildman–Crippen LogP) is 12.1. The Balaban J connectivity index is 1.13. The Morgan fingerprint density at radius 1 is 0.582 bits per heavy atom. The molecule has 1 unspecified atom stereocenters. The Morgan fingerprint density at radius 3 is 2.02 bits per heavy atom. The van der Waals surface area contributed by atoms with Gasteiger partial charge in [0, 0.05) is 51.7 Å². The molecule has 0 spiro atoms. The summed E-state index contributed by atoms with van der Waals surface area (Å²) in [6, 6.07) is 45.6. The predicted molar refractivity (Wildman–Crippen MR) is 228 cm³/mol. The van der Waals surface area contributed by atoms with E-state index >= 15 is 0 Å². The van der Waals surface area contributed by atoms with E-state index in [1.165, 1.54) is 77.5 Å². The second-order valence-corrected chi connectivity index (χ2v) is 17.2. The van der Waals surface area contributed by atoms with E-state index in [1.807, 2.05) is 0 Å². The molecule has 2 heterocycles. The molecule has 0 bridgehead atoms. The van der Waals surface area contributed by atoms with Crippen LogP contribution in [0.1, 0.15) is 72.2 Å². The fraction of sp³-hybridized carbons (Fsp3) is 0.231. The first-order valence-corrected chi connectivity index (χ1v) is 19.9. The van der Waals surface area contributed by atoms with E-state index in [0.29, 0.717) is 0 Å². The molecule has 1 fully saturated rings. The van der Waals surface area contributed by atoms with E-state index in [-0.39, 0.29) is 10.8 Å². The standard InChI is InChI=1S/C52H45NO2/c1-32-14-20-41-44(28-32)51(4,5)48-42-22-23-52(55-49(42)40-13-9-8-12-39(40)47(41)48,35-15-18-37(19-16-35)53-24-26-54-27-25-53)36-17-21-38-43-29-33-10-6-7-11-34(33)30-45(43)50(2,3)46(38)31-36/h6-23,28-31H,24-27H2,1-5H3. The molecular weight excluding hydrogens is 671 g/mol. The average molecular weight is 716 g/mol. The maximum atomic E-state index is 7.78. The molecule has 7 aromatic rings. The molecule has 4 aliphatic rings. The average Bonchev–Trinajstić information content (AvgIpc) is 3.58. The van der Waals surface area contributed by atoms with Gasteiger partial charge in [-0.3, -0.25) is 0 Å². The van der Waals surface area contributed by atoms with E-state index in [4.69, 9.17) is 9.47 Å². The molecule has 7 aromatic carbocycles. The topological polar surface area (TPSA) is 21.7 Å². The fourth-order valence-electron chi connectivity index (χ4n) is 10.4. The summed E-state index contributed by atoms with van der Waals surface area (Å²) in [7, 11) is 0. The number of hydrogen-bond donors (Lipinski definition) is 0. The Labute approximate surface area is 323 Å². The van der Waals surface area contributed by atoms with Crippen LogP contribution in [0, 0.1) is 6.92 Å². The summed E-state index contributed by atoms with van der Waals surface area (Å²) in [5, 5.41) is 4.96. The van der Waals surface area contributed by atoms with E-state index in [2.05, 4.69) is 173 Å². The molecule has 0 aromatic heterocycles. The maximum absolute atomic E-state index is 7.78. The minimum atomic E-state index is -0.857. The Bertz CT molecular complexity index is 2780. The molecule has 0 saturated carbocycles. The van der Waals surface area contributed by atoms with Gasteiger partial charge in [0.05, 0.1) is 13.2 Å². The van der Waals surface area contributed by atoms with Crippen LogP contribution in [0.2, 0.25) is 0 Å². The summed E-state index contributed by atoms with van der Waals surface area (Å²) in [5.41, 5.74) is 15.5. The number of ether oxygens (including phenoxy) is 2. The summed E-state index contributed by atoms with van der Waals surface area (Å²) < 4.78 is 13.5. The SMILES string of the molecule is Cc1ccc2c(c1)C(C)(C)c1c3c(c4ccccc4c1-2)OC(c1ccc(N2CCOCC2)cc1)(c1ccc2c(c1)C(C)(C)c1cc4ccccc4cc1-2)C=C3. The zero-order chi connectivity index (χ0) is 37.3. The minimum absolute atomic E-state index is 0.177. The third kappa shape index (κ3) is 4.54. The van der Waals surface area contributed by atoms with Gasteiger partial charge in [-0.05, 0) is 104 Å². The lowest BCUT2D eigenvalue weighted by Crippen LogP contribution is -2.37. The molecule has 11 rings (SSSR count). The Kier molecular flexibility index (Phi) is 6.82. The molecule has 55 heavy (non-hydrogen) atoms. The first-order chi connectivity index (χ1) is 26.6. The molecule has 1 saturated heterocycles. The Hall–Kier alpha value is -5.64. The quantitative estimate of drug-likeness (QED) is 0.182. The summed E-state index contributed by atoms with van der Waals surface area (Å²) in [5.74, 6) is 0.959. The van der Waals surface area contributed by atoms with Crippen molar-refractivity contribution in [2.75, 3.05) is 31.2 Å². The van der Waals surface area contributed by atoms with Crippen LogP contribution in [-0.4, -0.2) is 26.3 Å². The zero-order valence-electron chi connectivity index (χ0n) is 32.3. The van der Waals surface area contributed by atoms with Crippen molar-refractivity contribution in [1.29, 1.82) is 0 Å². The number of morpholine rings is 1.